The first kappa shape index (κ1) is 15.9. The lowest BCUT2D eigenvalue weighted by Crippen LogP contribution is -3.08. The van der Waals surface area contributed by atoms with Crippen molar-refractivity contribution in [1.29, 1.82) is 0 Å². The van der Waals surface area contributed by atoms with Crippen molar-refractivity contribution in [2.45, 2.75) is 26.3 Å². The van der Waals surface area contributed by atoms with Crippen LogP contribution >= 0.6 is 0 Å². The van der Waals surface area contributed by atoms with E-state index in [4.69, 9.17) is 4.74 Å². The third-order valence-corrected chi connectivity index (χ3v) is 4.98. The predicted octanol–water partition coefficient (Wildman–Crippen LogP) is 1.86. The molecule has 4 rings (SSSR count). The zero-order valence-corrected chi connectivity index (χ0v) is 14.3. The summed E-state index contributed by atoms with van der Waals surface area (Å²) in [5, 5.41) is 12.4. The first-order chi connectivity index (χ1) is 12.1. The van der Waals surface area contributed by atoms with Crippen LogP contribution in [0.4, 0.5) is 0 Å². The van der Waals surface area contributed by atoms with Gasteiger partial charge in [-0.25, -0.2) is 0 Å². The molecule has 0 bridgehead atoms. The molecule has 4 nitrogen and oxygen atoms in total. The lowest BCUT2D eigenvalue weighted by Gasteiger charge is -2.19. The van der Waals surface area contributed by atoms with E-state index in [1.54, 1.807) is 12.1 Å². The van der Waals surface area contributed by atoms with Crippen LogP contribution in [0.1, 0.15) is 39.9 Å². The van der Waals surface area contributed by atoms with E-state index in [1.807, 2.05) is 31.2 Å². The smallest absolute Gasteiger partial charge is 0.231 e. The molecule has 0 aliphatic carbocycles. The van der Waals surface area contributed by atoms with Gasteiger partial charge >= 0.3 is 0 Å². The van der Waals surface area contributed by atoms with Crippen molar-refractivity contribution in [1.82, 2.24) is 0 Å². The standard InChI is InChI=1S/C21H21NO3/c1-14-5-4-6-15(11-14)12-19-20(24)16-7-8-18(23)17(21(16)25-19)13-22-9-2-3-10-22/h4-8,11-12,23H,2-3,9-10,13H2,1H3. The van der Waals surface area contributed by atoms with Crippen LogP contribution in [0.15, 0.2) is 42.2 Å². The maximum Gasteiger partial charge on any atom is 0.231 e. The van der Waals surface area contributed by atoms with E-state index >= 15 is 0 Å². The van der Waals surface area contributed by atoms with E-state index in [2.05, 4.69) is 0 Å². The zero-order chi connectivity index (χ0) is 17.4. The normalized spacial score (nSPS) is 18.6. The molecule has 0 atom stereocenters. The van der Waals surface area contributed by atoms with E-state index < -0.39 is 0 Å². The highest BCUT2D eigenvalue weighted by molar-refractivity contribution is 6.14. The summed E-state index contributed by atoms with van der Waals surface area (Å²) in [6, 6.07) is 11.0. The Kier molecular flexibility index (Phi) is 4.06. The van der Waals surface area contributed by atoms with Gasteiger partial charge in [-0.1, -0.05) is 41.6 Å². The first-order valence-electron chi connectivity index (χ1n) is 8.79. The van der Waals surface area contributed by atoms with Gasteiger partial charge in [0.2, 0.25) is 5.78 Å². The summed E-state index contributed by atoms with van der Waals surface area (Å²) in [5.41, 5.74) is 3.19. The van der Waals surface area contributed by atoms with Gasteiger partial charge in [0.05, 0.1) is 18.7 Å². The lowest BCUT2D eigenvalue weighted by molar-refractivity contribution is -0.901. The summed E-state index contributed by atoms with van der Waals surface area (Å²) >= 11 is 0. The molecule has 2 aromatic rings. The van der Waals surface area contributed by atoms with Gasteiger partial charge in [0.15, 0.2) is 5.76 Å². The topological polar surface area (TPSA) is 53.8 Å². The SMILES string of the molecule is Cc1cccc(C=C2Oc3c(ccc([O-])c3C[NH+]3CCCC3)C2=O)c1. The molecule has 0 radical (unpaired) electrons. The fourth-order valence-corrected chi connectivity index (χ4v) is 3.67. The minimum atomic E-state index is -0.144. The van der Waals surface area contributed by atoms with Gasteiger partial charge in [0.1, 0.15) is 12.3 Å². The number of fused-ring (bicyclic) bond motifs is 1. The quantitative estimate of drug-likeness (QED) is 0.871. The van der Waals surface area contributed by atoms with Crippen LogP contribution < -0.4 is 14.7 Å². The van der Waals surface area contributed by atoms with Crippen LogP contribution in [0.5, 0.6) is 11.5 Å². The molecule has 2 aliphatic rings. The number of nitrogens with one attached hydrogen (secondary N) is 1. The second kappa shape index (κ2) is 6.37. The second-order valence-electron chi connectivity index (χ2n) is 6.91. The van der Waals surface area contributed by atoms with Gasteiger partial charge in [-0.05, 0) is 24.6 Å². The lowest BCUT2D eigenvalue weighted by atomic mass is 10.0. The van der Waals surface area contributed by atoms with Crippen LogP contribution in [0, 0.1) is 6.92 Å². The number of allylic oxidation sites excluding steroid dienone is 1. The number of aryl methyl sites for hydroxylation is 1. The molecule has 4 heteroatoms. The van der Waals surface area contributed by atoms with Crippen molar-refractivity contribution in [2.24, 2.45) is 0 Å². The van der Waals surface area contributed by atoms with Crippen molar-refractivity contribution in [2.75, 3.05) is 13.1 Å². The van der Waals surface area contributed by atoms with Gasteiger partial charge in [-0.15, -0.1) is 0 Å². The molecule has 128 valence electrons. The number of likely N-dealkylation sites (tertiary alicyclic amines) is 1. The number of hydrogen-bond donors (Lipinski definition) is 1. The molecule has 2 heterocycles. The van der Waals surface area contributed by atoms with Gasteiger partial charge in [-0.2, -0.15) is 0 Å². The van der Waals surface area contributed by atoms with E-state index in [9.17, 15) is 9.90 Å². The third-order valence-electron chi connectivity index (χ3n) is 4.98. The molecule has 0 saturated carbocycles. The van der Waals surface area contributed by atoms with Crippen molar-refractivity contribution in [3.63, 3.8) is 0 Å². The van der Waals surface area contributed by atoms with Crippen molar-refractivity contribution >= 4 is 11.9 Å². The number of rotatable bonds is 3. The monoisotopic (exact) mass is 335 g/mol. The van der Waals surface area contributed by atoms with Crippen LogP contribution in [-0.2, 0) is 6.54 Å². The molecule has 2 aromatic carbocycles. The van der Waals surface area contributed by atoms with E-state index in [1.165, 1.54) is 23.8 Å². The highest BCUT2D eigenvalue weighted by Crippen LogP contribution is 2.38. The number of carbonyl (C=O) groups excluding carboxylic acids is 1. The number of Topliss-reactive ketones (excluding diaryl/α,β-unsaturated/α-hetero) is 1. The molecule has 2 aliphatic heterocycles. The molecular weight excluding hydrogens is 314 g/mol. The molecular formula is C21H21NO3. The van der Waals surface area contributed by atoms with E-state index in [0.29, 0.717) is 29.2 Å². The summed E-state index contributed by atoms with van der Waals surface area (Å²) in [4.78, 5) is 14.1. The summed E-state index contributed by atoms with van der Waals surface area (Å²) in [5.74, 6) is 0.580. The van der Waals surface area contributed by atoms with Gasteiger partial charge < -0.3 is 14.7 Å². The van der Waals surface area contributed by atoms with Crippen molar-refractivity contribution in [3.05, 3.63) is 64.4 Å². The Morgan fingerprint density at radius 3 is 2.76 bits per heavy atom. The summed E-state index contributed by atoms with van der Waals surface area (Å²) in [7, 11) is 0. The molecule has 1 N–H and O–H groups in total. The number of benzene rings is 2. The second-order valence-corrected chi connectivity index (χ2v) is 6.91. The Labute approximate surface area is 147 Å². The number of hydrogen-bond acceptors (Lipinski definition) is 3. The van der Waals surface area contributed by atoms with Crippen LogP contribution in [-0.4, -0.2) is 18.9 Å². The molecule has 25 heavy (non-hydrogen) atoms. The molecule has 0 aromatic heterocycles. The number of ether oxygens (including phenoxy) is 1. The zero-order valence-electron chi connectivity index (χ0n) is 14.3. The maximum atomic E-state index is 12.7. The largest absolute Gasteiger partial charge is 0.872 e. The van der Waals surface area contributed by atoms with E-state index in [-0.39, 0.29) is 11.5 Å². The minimum absolute atomic E-state index is 0.0391. The number of carbonyl (C=O) groups is 1. The highest BCUT2D eigenvalue weighted by atomic mass is 16.5. The number of ketones is 1. The Hall–Kier alpha value is -2.59. The fraction of sp³-hybridized carbons (Fsp3) is 0.286. The van der Waals surface area contributed by atoms with Gasteiger partial charge in [-0.3, -0.25) is 4.79 Å². The fourth-order valence-electron chi connectivity index (χ4n) is 3.67. The van der Waals surface area contributed by atoms with Crippen molar-refractivity contribution in [3.8, 4) is 11.5 Å². The summed E-state index contributed by atoms with van der Waals surface area (Å²) < 4.78 is 5.88. The molecule has 1 fully saturated rings. The van der Waals surface area contributed by atoms with Crippen LogP contribution in [0.25, 0.3) is 6.08 Å². The molecule has 0 amide bonds. The van der Waals surface area contributed by atoms with E-state index in [0.717, 1.165) is 24.2 Å². The molecule has 0 unspecified atom stereocenters. The van der Waals surface area contributed by atoms with Gasteiger partial charge in [0, 0.05) is 18.4 Å². The Morgan fingerprint density at radius 1 is 1.20 bits per heavy atom. The Morgan fingerprint density at radius 2 is 2.00 bits per heavy atom. The third kappa shape index (κ3) is 3.05. The van der Waals surface area contributed by atoms with Crippen molar-refractivity contribution < 1.29 is 19.5 Å². The highest BCUT2D eigenvalue weighted by Gasteiger charge is 2.31. The summed E-state index contributed by atoms with van der Waals surface area (Å²) in [6.07, 6.45) is 4.14. The molecule has 0 spiro atoms. The van der Waals surface area contributed by atoms with Crippen LogP contribution in [0.3, 0.4) is 0 Å². The Balaban J connectivity index is 1.68. The minimum Gasteiger partial charge on any atom is -0.872 e. The Bertz CT molecular complexity index is 863. The first-order valence-corrected chi connectivity index (χ1v) is 8.79. The maximum absolute atomic E-state index is 12.7. The predicted molar refractivity (Wildman–Crippen MR) is 93.6 cm³/mol. The number of quaternary nitrogens is 1. The average Bonchev–Trinajstić information content (AvgIpc) is 3.20. The van der Waals surface area contributed by atoms with Gasteiger partial charge in [0.25, 0.3) is 0 Å². The summed E-state index contributed by atoms with van der Waals surface area (Å²) in [6.45, 7) is 4.79. The molecule has 1 saturated heterocycles. The van der Waals surface area contributed by atoms with Crippen LogP contribution in [0.2, 0.25) is 0 Å². The average molecular weight is 335 g/mol.